The number of hydrogen-bond donors (Lipinski definition) is 1. The molecule has 2 aromatic carbocycles. The molecule has 2 rings (SSSR count). The first-order valence-electron chi connectivity index (χ1n) is 9.04. The van der Waals surface area contributed by atoms with Crippen molar-refractivity contribution in [1.82, 2.24) is 5.32 Å². The Morgan fingerprint density at radius 1 is 1.00 bits per heavy atom. The third-order valence-electron chi connectivity index (χ3n) is 4.49. The maximum atomic E-state index is 12.5. The van der Waals surface area contributed by atoms with Gasteiger partial charge in [0.15, 0.2) is 6.10 Å². The Morgan fingerprint density at radius 2 is 1.65 bits per heavy atom. The minimum absolute atomic E-state index is 0.118. The van der Waals surface area contributed by atoms with Crippen LogP contribution in [0.4, 0.5) is 0 Å². The largest absolute Gasteiger partial charge is 0.496 e. The summed E-state index contributed by atoms with van der Waals surface area (Å²) < 4.78 is 11.2. The zero-order valence-corrected chi connectivity index (χ0v) is 16.5. The van der Waals surface area contributed by atoms with Crippen molar-refractivity contribution in [1.29, 1.82) is 0 Å². The van der Waals surface area contributed by atoms with Gasteiger partial charge in [0.2, 0.25) is 0 Å². The quantitative estimate of drug-likeness (QED) is 0.778. The SMILES string of the molecule is COc1cc(C)c(C(C)NC(=O)C(C)Oc2ccccc2)cc1C(C)C. The van der Waals surface area contributed by atoms with Crippen molar-refractivity contribution in [3.8, 4) is 11.5 Å². The van der Waals surface area contributed by atoms with Gasteiger partial charge in [-0.3, -0.25) is 4.79 Å². The molecule has 0 aliphatic heterocycles. The van der Waals surface area contributed by atoms with Gasteiger partial charge in [-0.05, 0) is 67.6 Å². The van der Waals surface area contributed by atoms with Gasteiger partial charge in [-0.25, -0.2) is 0 Å². The summed E-state index contributed by atoms with van der Waals surface area (Å²) in [6.07, 6.45) is -0.567. The van der Waals surface area contributed by atoms with Gasteiger partial charge in [0, 0.05) is 0 Å². The van der Waals surface area contributed by atoms with Crippen molar-refractivity contribution < 1.29 is 14.3 Å². The van der Waals surface area contributed by atoms with E-state index in [0.29, 0.717) is 11.7 Å². The van der Waals surface area contributed by atoms with Crippen molar-refractivity contribution in [3.63, 3.8) is 0 Å². The summed E-state index contributed by atoms with van der Waals surface area (Å²) in [6, 6.07) is 13.4. The number of benzene rings is 2. The van der Waals surface area contributed by atoms with E-state index in [9.17, 15) is 4.79 Å². The summed E-state index contributed by atoms with van der Waals surface area (Å²) in [6.45, 7) is 10.1. The van der Waals surface area contributed by atoms with Gasteiger partial charge in [-0.2, -0.15) is 0 Å². The molecule has 4 nitrogen and oxygen atoms in total. The monoisotopic (exact) mass is 355 g/mol. The third-order valence-corrected chi connectivity index (χ3v) is 4.49. The number of nitrogens with one attached hydrogen (secondary N) is 1. The highest BCUT2D eigenvalue weighted by atomic mass is 16.5. The van der Waals surface area contributed by atoms with E-state index in [1.807, 2.05) is 50.2 Å². The number of ether oxygens (including phenoxy) is 2. The molecule has 0 bridgehead atoms. The molecule has 0 fully saturated rings. The maximum absolute atomic E-state index is 12.5. The van der Waals surface area contributed by atoms with E-state index < -0.39 is 6.10 Å². The van der Waals surface area contributed by atoms with Crippen LogP contribution in [0.1, 0.15) is 56.3 Å². The normalized spacial score (nSPS) is 13.2. The lowest BCUT2D eigenvalue weighted by atomic mass is 9.93. The van der Waals surface area contributed by atoms with Crippen LogP contribution in [0.2, 0.25) is 0 Å². The predicted octanol–water partition coefficient (Wildman–Crippen LogP) is 4.77. The molecule has 2 aromatic rings. The molecule has 1 N–H and O–H groups in total. The van der Waals surface area contributed by atoms with Crippen LogP contribution in [0.15, 0.2) is 42.5 Å². The number of hydrogen-bond acceptors (Lipinski definition) is 3. The molecule has 140 valence electrons. The van der Waals surface area contributed by atoms with Crippen LogP contribution in [0.25, 0.3) is 0 Å². The smallest absolute Gasteiger partial charge is 0.261 e. The summed E-state index contributed by atoms with van der Waals surface area (Å²) in [5.74, 6) is 1.78. The molecule has 26 heavy (non-hydrogen) atoms. The lowest BCUT2D eigenvalue weighted by molar-refractivity contribution is -0.127. The maximum Gasteiger partial charge on any atom is 0.261 e. The van der Waals surface area contributed by atoms with E-state index in [2.05, 4.69) is 25.2 Å². The molecule has 2 atom stereocenters. The van der Waals surface area contributed by atoms with Gasteiger partial charge in [0.05, 0.1) is 13.2 Å². The molecular weight excluding hydrogens is 326 g/mol. The van der Waals surface area contributed by atoms with Crippen LogP contribution >= 0.6 is 0 Å². The van der Waals surface area contributed by atoms with Gasteiger partial charge >= 0.3 is 0 Å². The van der Waals surface area contributed by atoms with Gasteiger partial charge < -0.3 is 14.8 Å². The Morgan fingerprint density at radius 3 is 2.23 bits per heavy atom. The van der Waals surface area contributed by atoms with Crippen molar-refractivity contribution in [2.45, 2.75) is 52.7 Å². The van der Waals surface area contributed by atoms with E-state index in [1.165, 1.54) is 0 Å². The molecule has 0 aromatic heterocycles. The molecular formula is C22H29NO3. The fourth-order valence-corrected chi connectivity index (χ4v) is 2.98. The van der Waals surface area contributed by atoms with Crippen molar-refractivity contribution in [2.24, 2.45) is 0 Å². The molecule has 0 saturated heterocycles. The average Bonchev–Trinajstić information content (AvgIpc) is 2.61. The summed E-state index contributed by atoms with van der Waals surface area (Å²) in [5, 5.41) is 3.06. The topological polar surface area (TPSA) is 47.6 Å². The van der Waals surface area contributed by atoms with Crippen molar-refractivity contribution in [3.05, 3.63) is 59.2 Å². The van der Waals surface area contributed by atoms with Crippen molar-refractivity contribution >= 4 is 5.91 Å². The second kappa shape index (κ2) is 8.75. The fraction of sp³-hybridized carbons (Fsp3) is 0.409. The second-order valence-electron chi connectivity index (χ2n) is 6.91. The van der Waals surface area contributed by atoms with E-state index in [-0.39, 0.29) is 11.9 Å². The van der Waals surface area contributed by atoms with Gasteiger partial charge in [0.25, 0.3) is 5.91 Å². The first kappa shape index (κ1) is 19.8. The molecule has 0 radical (unpaired) electrons. The molecule has 0 saturated carbocycles. The minimum Gasteiger partial charge on any atom is -0.496 e. The van der Waals surface area contributed by atoms with E-state index >= 15 is 0 Å². The van der Waals surface area contributed by atoms with Crippen LogP contribution in [-0.2, 0) is 4.79 Å². The molecule has 0 heterocycles. The second-order valence-corrected chi connectivity index (χ2v) is 6.91. The molecule has 1 amide bonds. The molecule has 4 heteroatoms. The van der Waals surface area contributed by atoms with E-state index in [0.717, 1.165) is 22.4 Å². The zero-order chi connectivity index (χ0) is 19.3. The number of amides is 1. The summed E-state index contributed by atoms with van der Waals surface area (Å²) in [7, 11) is 1.69. The summed E-state index contributed by atoms with van der Waals surface area (Å²) in [5.41, 5.74) is 3.33. The Hall–Kier alpha value is -2.49. The van der Waals surface area contributed by atoms with Gasteiger partial charge in [-0.1, -0.05) is 32.0 Å². The number of carbonyl (C=O) groups is 1. The van der Waals surface area contributed by atoms with Crippen LogP contribution in [0, 0.1) is 6.92 Å². The summed E-state index contributed by atoms with van der Waals surface area (Å²) in [4.78, 5) is 12.5. The lowest BCUT2D eigenvalue weighted by Crippen LogP contribution is -2.38. The highest BCUT2D eigenvalue weighted by molar-refractivity contribution is 5.81. The van der Waals surface area contributed by atoms with Gasteiger partial charge in [-0.15, -0.1) is 0 Å². The predicted molar refractivity (Wildman–Crippen MR) is 105 cm³/mol. The Bertz CT molecular complexity index is 741. The number of para-hydroxylation sites is 1. The average molecular weight is 355 g/mol. The molecule has 2 unspecified atom stereocenters. The Kier molecular flexibility index (Phi) is 6.67. The Labute approximate surface area is 156 Å². The fourth-order valence-electron chi connectivity index (χ4n) is 2.98. The standard InChI is InChI=1S/C22H29NO3/c1-14(2)19-13-20(15(3)12-21(19)25-6)16(4)23-22(24)17(5)26-18-10-8-7-9-11-18/h7-14,16-17H,1-6H3,(H,23,24). The number of methoxy groups -OCH3 is 1. The van der Waals surface area contributed by atoms with E-state index in [4.69, 9.17) is 9.47 Å². The highest BCUT2D eigenvalue weighted by Gasteiger charge is 2.20. The molecule has 0 aliphatic carbocycles. The Balaban J connectivity index is 2.12. The zero-order valence-electron chi connectivity index (χ0n) is 16.5. The van der Waals surface area contributed by atoms with Gasteiger partial charge in [0.1, 0.15) is 11.5 Å². The first-order valence-corrected chi connectivity index (χ1v) is 9.04. The molecule has 0 spiro atoms. The van der Waals surface area contributed by atoms with Crippen LogP contribution in [0.5, 0.6) is 11.5 Å². The van der Waals surface area contributed by atoms with Crippen LogP contribution < -0.4 is 14.8 Å². The highest BCUT2D eigenvalue weighted by Crippen LogP contribution is 2.32. The van der Waals surface area contributed by atoms with Crippen LogP contribution in [-0.4, -0.2) is 19.1 Å². The number of rotatable bonds is 7. The van der Waals surface area contributed by atoms with Crippen molar-refractivity contribution in [2.75, 3.05) is 7.11 Å². The first-order chi connectivity index (χ1) is 12.3. The summed E-state index contributed by atoms with van der Waals surface area (Å²) >= 11 is 0. The number of aryl methyl sites for hydroxylation is 1. The minimum atomic E-state index is -0.567. The van der Waals surface area contributed by atoms with E-state index in [1.54, 1.807) is 14.0 Å². The lowest BCUT2D eigenvalue weighted by Gasteiger charge is -2.22. The number of carbonyl (C=O) groups excluding carboxylic acids is 1. The van der Waals surface area contributed by atoms with Crippen LogP contribution in [0.3, 0.4) is 0 Å². The molecule has 0 aliphatic rings. The third kappa shape index (κ3) is 4.78.